The van der Waals surface area contributed by atoms with Gasteiger partial charge in [-0.15, -0.1) is 0 Å². The zero-order chi connectivity index (χ0) is 26.4. The van der Waals surface area contributed by atoms with Gasteiger partial charge in [-0.2, -0.15) is 0 Å². The molecule has 5 heterocycles. The molecule has 200 valence electrons. The SMILES string of the molecule is C[C@@H]1CNC[C@@H](C)N1c1nc2cc(-c3noc(=O)[nH]3)nc(-c3cncc(Cl)c3)c2n1C[C@H]1CC[C@H](C)CC1. The number of halogens is 1. The van der Waals surface area contributed by atoms with Crippen molar-refractivity contribution < 1.29 is 4.52 Å². The molecule has 0 unspecified atom stereocenters. The molecule has 0 aromatic carbocycles. The third-order valence-electron chi connectivity index (χ3n) is 8.00. The molecule has 2 fully saturated rings. The normalized spacial score (nSPS) is 24.3. The number of fused-ring (bicyclic) bond motifs is 1. The number of H-pyrrole nitrogens is 1. The van der Waals surface area contributed by atoms with Gasteiger partial charge in [-0.05, 0) is 50.7 Å². The molecule has 4 aromatic rings. The van der Waals surface area contributed by atoms with E-state index in [1.54, 1.807) is 12.4 Å². The van der Waals surface area contributed by atoms with Crippen molar-refractivity contribution in [3.63, 3.8) is 0 Å². The molecule has 1 aliphatic heterocycles. The smallest absolute Gasteiger partial charge is 0.334 e. The maximum absolute atomic E-state index is 11.7. The molecule has 11 heteroatoms. The van der Waals surface area contributed by atoms with E-state index in [9.17, 15) is 4.79 Å². The van der Waals surface area contributed by atoms with Crippen molar-refractivity contribution >= 4 is 28.6 Å². The first-order chi connectivity index (χ1) is 18.4. The van der Waals surface area contributed by atoms with Crippen molar-refractivity contribution in [1.82, 2.24) is 35.0 Å². The maximum atomic E-state index is 11.7. The Morgan fingerprint density at radius 3 is 2.50 bits per heavy atom. The van der Waals surface area contributed by atoms with Crippen molar-refractivity contribution in [2.24, 2.45) is 11.8 Å². The molecule has 1 saturated carbocycles. The molecule has 6 rings (SSSR count). The van der Waals surface area contributed by atoms with Crippen LogP contribution >= 0.6 is 11.6 Å². The van der Waals surface area contributed by atoms with Gasteiger partial charge in [-0.25, -0.2) is 14.8 Å². The summed E-state index contributed by atoms with van der Waals surface area (Å²) in [5.41, 5.74) is 3.68. The Morgan fingerprint density at radius 1 is 1.05 bits per heavy atom. The van der Waals surface area contributed by atoms with Crippen molar-refractivity contribution in [2.75, 3.05) is 18.0 Å². The number of hydrogen-bond acceptors (Lipinski definition) is 8. The van der Waals surface area contributed by atoms with Crippen LogP contribution in [0.4, 0.5) is 5.95 Å². The third kappa shape index (κ3) is 4.71. The summed E-state index contributed by atoms with van der Waals surface area (Å²) in [4.78, 5) is 31.3. The molecular formula is C27H33ClN8O2. The van der Waals surface area contributed by atoms with Crippen LogP contribution in [-0.4, -0.2) is 54.8 Å². The number of piperazine rings is 1. The van der Waals surface area contributed by atoms with Crippen molar-refractivity contribution in [1.29, 1.82) is 0 Å². The van der Waals surface area contributed by atoms with E-state index in [1.165, 1.54) is 25.7 Å². The van der Waals surface area contributed by atoms with E-state index >= 15 is 0 Å². The second-order valence-electron chi connectivity index (χ2n) is 11.0. The zero-order valence-electron chi connectivity index (χ0n) is 21.9. The van der Waals surface area contributed by atoms with E-state index in [0.29, 0.717) is 22.3 Å². The Hall–Kier alpha value is -3.24. The second-order valence-corrected chi connectivity index (χ2v) is 11.4. The van der Waals surface area contributed by atoms with Crippen molar-refractivity contribution in [3.8, 4) is 22.8 Å². The molecule has 0 spiro atoms. The number of nitrogens with zero attached hydrogens (tertiary/aromatic N) is 6. The van der Waals surface area contributed by atoms with Crippen molar-refractivity contribution in [2.45, 2.75) is 65.1 Å². The Bertz CT molecular complexity index is 1490. The summed E-state index contributed by atoms with van der Waals surface area (Å²) in [6, 6.07) is 4.29. The number of anilines is 1. The molecule has 38 heavy (non-hydrogen) atoms. The molecule has 10 nitrogen and oxygen atoms in total. The standard InChI is InChI=1S/C27H33ClN8O2/c1-15-4-6-18(7-5-15)14-35-24-21(32-26(35)36-16(2)10-29-11-17(36)3)9-22(25-33-27(37)38-34-25)31-23(24)19-8-20(28)13-30-12-19/h8-9,12-13,15-18,29H,4-7,10-11,14H2,1-3H3,(H,33,34,37)/t15-,16-,17-,18-/m1/s1. The number of rotatable bonds is 5. The number of hydrogen-bond donors (Lipinski definition) is 2. The topological polar surface area (TPSA) is 118 Å². The first kappa shape index (κ1) is 25.1. The second kappa shape index (κ2) is 10.1. The highest BCUT2D eigenvalue weighted by Crippen LogP contribution is 2.38. The van der Waals surface area contributed by atoms with Gasteiger partial charge in [0.25, 0.3) is 0 Å². The summed E-state index contributed by atoms with van der Waals surface area (Å²) in [6.07, 6.45) is 8.27. The molecule has 0 bridgehead atoms. The van der Waals surface area contributed by atoms with Gasteiger partial charge in [0.1, 0.15) is 5.69 Å². The molecule has 1 aliphatic carbocycles. The first-order valence-corrected chi connectivity index (χ1v) is 13.8. The number of nitrogens with one attached hydrogen (secondary N) is 2. The fourth-order valence-corrected chi connectivity index (χ4v) is 6.19. The molecule has 2 aliphatic rings. The summed E-state index contributed by atoms with van der Waals surface area (Å²) in [5, 5.41) is 7.94. The quantitative estimate of drug-likeness (QED) is 0.383. The lowest BCUT2D eigenvalue weighted by molar-refractivity contribution is 0.265. The molecule has 2 N–H and O–H groups in total. The minimum Gasteiger partial charge on any atom is -0.334 e. The Labute approximate surface area is 225 Å². The average molecular weight is 537 g/mol. The Morgan fingerprint density at radius 2 is 1.82 bits per heavy atom. The van der Waals surface area contributed by atoms with Gasteiger partial charge in [0.2, 0.25) is 11.8 Å². The van der Waals surface area contributed by atoms with Gasteiger partial charge in [0.05, 0.1) is 21.7 Å². The van der Waals surface area contributed by atoms with Gasteiger partial charge >= 0.3 is 5.76 Å². The first-order valence-electron chi connectivity index (χ1n) is 13.4. The molecule has 4 aromatic heterocycles. The summed E-state index contributed by atoms with van der Waals surface area (Å²) in [7, 11) is 0. The highest BCUT2D eigenvalue weighted by molar-refractivity contribution is 6.30. The van der Waals surface area contributed by atoms with E-state index in [1.807, 2.05) is 12.1 Å². The minimum absolute atomic E-state index is 0.259. The molecule has 2 atom stereocenters. The number of aromatic nitrogens is 6. The lowest BCUT2D eigenvalue weighted by Gasteiger charge is -2.40. The summed E-state index contributed by atoms with van der Waals surface area (Å²) < 4.78 is 7.15. The van der Waals surface area contributed by atoms with Gasteiger partial charge in [0, 0.05) is 49.7 Å². The highest BCUT2D eigenvalue weighted by Gasteiger charge is 2.32. The van der Waals surface area contributed by atoms with E-state index in [-0.39, 0.29) is 17.9 Å². The molecule has 0 amide bonds. The summed E-state index contributed by atoms with van der Waals surface area (Å²) in [6.45, 7) is 9.47. The highest BCUT2D eigenvalue weighted by atomic mass is 35.5. The van der Waals surface area contributed by atoms with Crippen LogP contribution in [0.2, 0.25) is 5.02 Å². The van der Waals surface area contributed by atoms with Crippen LogP contribution in [0.3, 0.4) is 0 Å². The largest absolute Gasteiger partial charge is 0.439 e. The lowest BCUT2D eigenvalue weighted by atomic mass is 9.83. The molecular weight excluding hydrogens is 504 g/mol. The van der Waals surface area contributed by atoms with Crippen LogP contribution in [-0.2, 0) is 6.54 Å². The van der Waals surface area contributed by atoms with Crippen LogP contribution in [0.5, 0.6) is 0 Å². The van der Waals surface area contributed by atoms with Crippen LogP contribution in [0, 0.1) is 11.8 Å². The average Bonchev–Trinajstić information content (AvgIpc) is 3.48. The molecule has 0 radical (unpaired) electrons. The van der Waals surface area contributed by atoms with Crippen LogP contribution < -0.4 is 16.0 Å². The van der Waals surface area contributed by atoms with Gasteiger partial charge in [-0.3, -0.25) is 14.5 Å². The van der Waals surface area contributed by atoms with Gasteiger partial charge < -0.3 is 14.8 Å². The molecule has 1 saturated heterocycles. The monoisotopic (exact) mass is 536 g/mol. The van der Waals surface area contributed by atoms with Crippen LogP contribution in [0.25, 0.3) is 33.8 Å². The number of imidazole rings is 1. The third-order valence-corrected chi connectivity index (χ3v) is 8.21. The van der Waals surface area contributed by atoms with E-state index < -0.39 is 5.76 Å². The van der Waals surface area contributed by atoms with Crippen LogP contribution in [0.1, 0.15) is 46.5 Å². The van der Waals surface area contributed by atoms with E-state index in [2.05, 4.69) is 50.7 Å². The lowest BCUT2D eigenvalue weighted by Crippen LogP contribution is -2.56. The van der Waals surface area contributed by atoms with E-state index in [0.717, 1.165) is 48.1 Å². The Balaban J connectivity index is 1.59. The predicted molar refractivity (Wildman–Crippen MR) is 147 cm³/mol. The number of aromatic amines is 1. The fraction of sp³-hybridized carbons (Fsp3) is 0.519. The predicted octanol–water partition coefficient (Wildman–Crippen LogP) is 4.50. The zero-order valence-corrected chi connectivity index (χ0v) is 22.7. The van der Waals surface area contributed by atoms with Gasteiger partial charge in [0.15, 0.2) is 0 Å². The summed E-state index contributed by atoms with van der Waals surface area (Å²) in [5.74, 6) is 1.92. The van der Waals surface area contributed by atoms with Crippen molar-refractivity contribution in [3.05, 3.63) is 40.1 Å². The fourth-order valence-electron chi connectivity index (χ4n) is 6.01. The Kier molecular flexibility index (Phi) is 6.69. The maximum Gasteiger partial charge on any atom is 0.439 e. The minimum atomic E-state index is -0.630. The number of pyridine rings is 2. The van der Waals surface area contributed by atoms with Crippen LogP contribution in [0.15, 0.2) is 33.8 Å². The van der Waals surface area contributed by atoms with E-state index in [4.69, 9.17) is 26.1 Å². The summed E-state index contributed by atoms with van der Waals surface area (Å²) >= 11 is 6.38. The van der Waals surface area contributed by atoms with Gasteiger partial charge in [-0.1, -0.05) is 36.5 Å².